The molecule has 0 saturated heterocycles. The van der Waals surface area contributed by atoms with Gasteiger partial charge in [-0.2, -0.15) is 5.21 Å². The van der Waals surface area contributed by atoms with Gasteiger partial charge in [0.15, 0.2) is 12.4 Å². The second-order valence-corrected chi connectivity index (χ2v) is 8.10. The maximum absolute atomic E-state index is 12.1. The lowest BCUT2D eigenvalue weighted by atomic mass is 9.70. The van der Waals surface area contributed by atoms with Crippen LogP contribution in [0.5, 0.6) is 5.75 Å². The van der Waals surface area contributed by atoms with Gasteiger partial charge in [-0.3, -0.25) is 14.9 Å². The number of allylic oxidation sites excluding steroid dienone is 2. The summed E-state index contributed by atoms with van der Waals surface area (Å²) in [5, 5.41) is 15.9. The van der Waals surface area contributed by atoms with Crippen molar-refractivity contribution < 1.29 is 14.3 Å². The molecule has 29 heavy (non-hydrogen) atoms. The van der Waals surface area contributed by atoms with Crippen molar-refractivity contribution in [2.24, 2.45) is 5.41 Å². The van der Waals surface area contributed by atoms with Gasteiger partial charge in [0.25, 0.3) is 11.9 Å². The highest BCUT2D eigenvalue weighted by molar-refractivity contribution is 6.44. The average molecular weight is 436 g/mol. The third kappa shape index (κ3) is 3.62. The quantitative estimate of drug-likeness (QED) is 0.716. The molecule has 2 N–H and O–H groups in total. The topological polar surface area (TPSA) is 110 Å². The Labute approximate surface area is 177 Å². The number of benzene rings is 1. The fourth-order valence-electron chi connectivity index (χ4n) is 4.30. The first-order valence-corrected chi connectivity index (χ1v) is 10.1. The predicted octanol–water partition coefficient (Wildman–Crippen LogP) is 3.61. The predicted molar refractivity (Wildman–Crippen MR) is 108 cm³/mol. The molecule has 1 aromatic carbocycles. The minimum atomic E-state index is -0.455. The largest absolute Gasteiger partial charge is 0.482 e. The van der Waals surface area contributed by atoms with Crippen LogP contribution in [0.1, 0.15) is 43.7 Å². The summed E-state index contributed by atoms with van der Waals surface area (Å²) in [7, 11) is 0. The number of aromatic nitrogens is 4. The van der Waals surface area contributed by atoms with Crippen molar-refractivity contribution in [2.45, 2.75) is 39.0 Å². The third-order valence-corrected chi connectivity index (χ3v) is 6.31. The standard InChI is InChI=1S/C19H19Cl2N5O3/c1-2-4-19-5-3-11(27)7-12(19)15-10(8-19)6-13(16(20)17(15)21)29-9-14(28)22-18-23-25-26-24-18/h6-7H,2-5,8-9H2,1H3,(H2,22,23,24,25,26,28)/t19-/m1/s1. The summed E-state index contributed by atoms with van der Waals surface area (Å²) in [6, 6.07) is 1.83. The maximum Gasteiger partial charge on any atom is 0.269 e. The van der Waals surface area contributed by atoms with Crippen LogP contribution in [0.25, 0.3) is 5.57 Å². The van der Waals surface area contributed by atoms with Crippen LogP contribution in [0.3, 0.4) is 0 Å². The molecule has 1 aromatic heterocycles. The van der Waals surface area contributed by atoms with E-state index < -0.39 is 5.91 Å². The van der Waals surface area contributed by atoms with Gasteiger partial charge in [-0.25, -0.2) is 0 Å². The Morgan fingerprint density at radius 2 is 2.21 bits per heavy atom. The van der Waals surface area contributed by atoms with Crippen molar-refractivity contribution in [3.8, 4) is 5.75 Å². The summed E-state index contributed by atoms with van der Waals surface area (Å²) < 4.78 is 5.62. The highest BCUT2D eigenvalue weighted by Gasteiger charge is 2.45. The molecule has 2 aromatic rings. The fourth-order valence-corrected chi connectivity index (χ4v) is 4.82. The molecule has 152 valence electrons. The summed E-state index contributed by atoms with van der Waals surface area (Å²) in [4.78, 5) is 24.1. The summed E-state index contributed by atoms with van der Waals surface area (Å²) in [5.74, 6) is 0.0449. The molecule has 1 heterocycles. The molecule has 0 unspecified atom stereocenters. The van der Waals surface area contributed by atoms with Gasteiger partial charge in [0.2, 0.25) is 0 Å². The highest BCUT2D eigenvalue weighted by Crippen LogP contribution is 2.58. The number of tetrazole rings is 1. The number of ether oxygens (including phenoxy) is 1. The Morgan fingerprint density at radius 3 is 2.93 bits per heavy atom. The van der Waals surface area contributed by atoms with Crippen LogP contribution >= 0.6 is 23.2 Å². The summed E-state index contributed by atoms with van der Waals surface area (Å²) in [6.45, 7) is 1.85. The van der Waals surface area contributed by atoms with Crippen LogP contribution in [0.4, 0.5) is 5.95 Å². The minimum absolute atomic E-state index is 0.0545. The molecule has 0 saturated carbocycles. The molecule has 10 heteroatoms. The average Bonchev–Trinajstić information content (AvgIpc) is 3.29. The van der Waals surface area contributed by atoms with Crippen molar-refractivity contribution >= 4 is 46.4 Å². The molecule has 0 radical (unpaired) electrons. The number of fused-ring (bicyclic) bond motifs is 3. The van der Waals surface area contributed by atoms with Crippen LogP contribution in [-0.4, -0.2) is 38.9 Å². The molecule has 8 nitrogen and oxygen atoms in total. The molecule has 0 spiro atoms. The molecule has 1 atom stereocenters. The van der Waals surface area contributed by atoms with E-state index in [1.54, 1.807) is 6.08 Å². The van der Waals surface area contributed by atoms with Crippen molar-refractivity contribution in [1.29, 1.82) is 0 Å². The lowest BCUT2D eigenvalue weighted by molar-refractivity contribution is -0.118. The zero-order valence-corrected chi connectivity index (χ0v) is 17.2. The summed E-state index contributed by atoms with van der Waals surface area (Å²) >= 11 is 13.1. The molecule has 1 amide bonds. The number of carbonyl (C=O) groups is 2. The highest BCUT2D eigenvalue weighted by atomic mass is 35.5. The van der Waals surface area contributed by atoms with Gasteiger partial charge in [-0.1, -0.05) is 41.6 Å². The number of nitrogens with one attached hydrogen (secondary N) is 2. The molecule has 0 fully saturated rings. The molecule has 2 aliphatic rings. The first-order valence-electron chi connectivity index (χ1n) is 9.36. The van der Waals surface area contributed by atoms with Crippen molar-refractivity contribution in [2.75, 3.05) is 11.9 Å². The lowest BCUT2D eigenvalue weighted by Gasteiger charge is -2.33. The van der Waals surface area contributed by atoms with E-state index >= 15 is 0 Å². The Balaban J connectivity index is 1.60. The Kier molecular flexibility index (Phi) is 5.31. The number of rotatable bonds is 6. The van der Waals surface area contributed by atoms with Crippen LogP contribution in [-0.2, 0) is 16.0 Å². The number of hydrogen-bond donors (Lipinski definition) is 2. The zero-order valence-electron chi connectivity index (χ0n) is 15.7. The number of halogens is 2. The van der Waals surface area contributed by atoms with Gasteiger partial charge < -0.3 is 4.74 Å². The van der Waals surface area contributed by atoms with Gasteiger partial charge in [0.05, 0.1) is 5.02 Å². The van der Waals surface area contributed by atoms with E-state index in [4.69, 9.17) is 27.9 Å². The summed E-state index contributed by atoms with van der Waals surface area (Å²) in [5.41, 5.74) is 2.72. The number of H-pyrrole nitrogens is 1. The number of ketones is 1. The third-order valence-electron chi connectivity index (χ3n) is 5.46. The molecular weight excluding hydrogens is 417 g/mol. The van der Waals surface area contributed by atoms with E-state index in [0.29, 0.717) is 17.2 Å². The van der Waals surface area contributed by atoms with Crippen molar-refractivity contribution in [3.63, 3.8) is 0 Å². The van der Waals surface area contributed by atoms with Gasteiger partial charge in [0, 0.05) is 17.4 Å². The van der Waals surface area contributed by atoms with E-state index in [2.05, 4.69) is 32.9 Å². The number of amides is 1. The molecular formula is C19H19Cl2N5O3. The second-order valence-electron chi connectivity index (χ2n) is 7.34. The van der Waals surface area contributed by atoms with Gasteiger partial charge in [-0.05, 0) is 47.8 Å². The van der Waals surface area contributed by atoms with Gasteiger partial charge in [0.1, 0.15) is 10.8 Å². The SMILES string of the molecule is CCC[C@]12CCC(=O)C=C1c1c(cc(OCC(=O)Nc3nn[nH]n3)c(Cl)c1Cl)C2. The van der Waals surface area contributed by atoms with E-state index in [1.807, 2.05) is 6.07 Å². The number of aromatic amines is 1. The second kappa shape index (κ2) is 7.76. The number of carbonyl (C=O) groups excluding carboxylic acids is 2. The Hall–Kier alpha value is -2.45. The molecule has 4 rings (SSSR count). The monoisotopic (exact) mass is 435 g/mol. The van der Waals surface area contributed by atoms with Gasteiger partial charge in [-0.15, -0.1) is 5.10 Å². The number of anilines is 1. The fraction of sp³-hybridized carbons (Fsp3) is 0.421. The maximum atomic E-state index is 12.1. The summed E-state index contributed by atoms with van der Waals surface area (Å²) in [6.07, 6.45) is 5.83. The van der Waals surface area contributed by atoms with Crippen molar-refractivity contribution in [1.82, 2.24) is 20.6 Å². The first-order chi connectivity index (χ1) is 13.9. The van der Waals surface area contributed by atoms with Crippen molar-refractivity contribution in [3.05, 3.63) is 33.3 Å². The number of nitrogens with zero attached hydrogens (tertiary/aromatic N) is 3. The first kappa shape index (κ1) is 19.8. The molecule has 0 aliphatic heterocycles. The Bertz CT molecular complexity index is 1010. The van der Waals surface area contributed by atoms with E-state index in [0.717, 1.165) is 42.4 Å². The van der Waals surface area contributed by atoms with Crippen LogP contribution in [0.15, 0.2) is 12.1 Å². The van der Waals surface area contributed by atoms with Crippen LogP contribution in [0.2, 0.25) is 10.0 Å². The Morgan fingerprint density at radius 1 is 1.38 bits per heavy atom. The number of hydrogen-bond acceptors (Lipinski definition) is 6. The van der Waals surface area contributed by atoms with E-state index in [1.165, 1.54) is 0 Å². The molecule has 0 bridgehead atoms. The minimum Gasteiger partial charge on any atom is -0.482 e. The van der Waals surface area contributed by atoms with Gasteiger partial charge >= 0.3 is 0 Å². The smallest absolute Gasteiger partial charge is 0.269 e. The molecule has 2 aliphatic carbocycles. The van der Waals surface area contributed by atoms with Crippen LogP contribution < -0.4 is 10.1 Å². The lowest BCUT2D eigenvalue weighted by Crippen LogP contribution is -2.25. The van der Waals surface area contributed by atoms with E-state index in [-0.39, 0.29) is 28.8 Å². The van der Waals surface area contributed by atoms with Crippen LogP contribution in [0, 0.1) is 5.41 Å². The van der Waals surface area contributed by atoms with E-state index in [9.17, 15) is 9.59 Å². The normalized spacial score (nSPS) is 20.1. The zero-order chi connectivity index (χ0) is 20.6.